The van der Waals surface area contributed by atoms with Gasteiger partial charge in [-0.25, -0.2) is 4.39 Å². The van der Waals surface area contributed by atoms with Gasteiger partial charge in [-0.3, -0.25) is 14.4 Å². The largest absolute Gasteiger partial charge is 0.493 e. The highest BCUT2D eigenvalue weighted by Gasteiger charge is 2.51. The molecular weight excluding hydrogens is 543 g/mol. The van der Waals surface area contributed by atoms with Crippen molar-refractivity contribution in [3.05, 3.63) is 70.6 Å². The maximum atomic E-state index is 13.7. The van der Waals surface area contributed by atoms with E-state index in [0.29, 0.717) is 35.1 Å². The Labute approximate surface area is 245 Å². The molecule has 1 aliphatic carbocycles. The van der Waals surface area contributed by atoms with Crippen LogP contribution in [0.3, 0.4) is 0 Å². The molecule has 2 aromatic rings. The summed E-state index contributed by atoms with van der Waals surface area (Å²) in [6, 6.07) is 7.97. The van der Waals surface area contributed by atoms with Crippen molar-refractivity contribution in [3.8, 4) is 11.5 Å². The Kier molecular flexibility index (Phi) is 10.7. The number of nitrogens with zero attached hydrogens (tertiary/aromatic N) is 1. The van der Waals surface area contributed by atoms with Gasteiger partial charge in [0.25, 0.3) is 0 Å². The zero-order valence-electron chi connectivity index (χ0n) is 24.1. The van der Waals surface area contributed by atoms with Crippen molar-refractivity contribution in [2.45, 2.75) is 76.2 Å². The van der Waals surface area contributed by atoms with Crippen molar-refractivity contribution in [1.29, 1.82) is 0 Å². The number of hydrogen-bond donors (Lipinski definition) is 3. The van der Waals surface area contributed by atoms with Gasteiger partial charge in [0.1, 0.15) is 24.3 Å². The van der Waals surface area contributed by atoms with Gasteiger partial charge in [0.05, 0.1) is 25.7 Å². The lowest BCUT2D eigenvalue weighted by Crippen LogP contribution is -2.55. The highest BCUT2D eigenvalue weighted by molar-refractivity contribution is 5.96. The molecule has 42 heavy (non-hydrogen) atoms. The van der Waals surface area contributed by atoms with Crippen molar-refractivity contribution in [3.63, 3.8) is 0 Å². The summed E-state index contributed by atoms with van der Waals surface area (Å²) in [6.45, 7) is 1.93. The Bertz CT molecular complexity index is 1300. The molecule has 2 amide bonds. The first-order valence-electron chi connectivity index (χ1n) is 14.5. The monoisotopic (exact) mass is 582 g/mol. The predicted octanol–water partition coefficient (Wildman–Crippen LogP) is 3.66. The lowest BCUT2D eigenvalue weighted by molar-refractivity contribution is -0.138. The molecule has 4 rings (SSSR count). The molecule has 9 nitrogen and oxygen atoms in total. The molecule has 0 fully saturated rings. The molecule has 0 radical (unpaired) electrons. The molecule has 0 bridgehead atoms. The van der Waals surface area contributed by atoms with Crippen LogP contribution in [0.2, 0.25) is 0 Å². The van der Waals surface area contributed by atoms with Crippen LogP contribution in [-0.4, -0.2) is 71.7 Å². The van der Waals surface area contributed by atoms with E-state index >= 15 is 0 Å². The topological polar surface area (TPSA) is 125 Å². The number of methoxy groups -OCH3 is 1. The molecule has 2 aromatic carbocycles. The van der Waals surface area contributed by atoms with Gasteiger partial charge in [-0.15, -0.1) is 0 Å². The smallest absolute Gasteiger partial charge is 0.247 e. The molecule has 2 aliphatic rings. The summed E-state index contributed by atoms with van der Waals surface area (Å²) in [4.78, 5) is 40.4. The minimum atomic E-state index is -1.24. The van der Waals surface area contributed by atoms with E-state index in [9.17, 15) is 29.0 Å². The average molecular weight is 583 g/mol. The van der Waals surface area contributed by atoms with Gasteiger partial charge in [0.15, 0.2) is 11.5 Å². The summed E-state index contributed by atoms with van der Waals surface area (Å²) in [6.07, 6.45) is 5.03. The normalized spacial score (nSPS) is 20.5. The first-order chi connectivity index (χ1) is 20.3. The van der Waals surface area contributed by atoms with E-state index in [1.54, 1.807) is 24.3 Å². The molecule has 10 heteroatoms. The number of nitrogens with one attached hydrogen (secondary N) is 1. The molecule has 4 unspecified atom stereocenters. The number of halogens is 1. The zero-order valence-corrected chi connectivity index (χ0v) is 24.1. The molecular formula is C32H39FN2O7. The maximum Gasteiger partial charge on any atom is 0.247 e. The molecule has 0 saturated heterocycles. The second-order valence-corrected chi connectivity index (χ2v) is 10.7. The zero-order chi connectivity index (χ0) is 30.2. The van der Waals surface area contributed by atoms with Crippen LogP contribution in [0.15, 0.2) is 48.0 Å². The summed E-state index contributed by atoms with van der Waals surface area (Å²) in [7, 11) is 1.43. The molecule has 1 aliphatic heterocycles. The van der Waals surface area contributed by atoms with Crippen LogP contribution in [0.25, 0.3) is 0 Å². The Morgan fingerprint density at radius 3 is 2.55 bits per heavy atom. The number of ether oxygens (including phenoxy) is 2. The van der Waals surface area contributed by atoms with Crippen molar-refractivity contribution in [1.82, 2.24) is 10.2 Å². The Morgan fingerprint density at radius 2 is 1.88 bits per heavy atom. The third-order valence-electron chi connectivity index (χ3n) is 7.85. The van der Waals surface area contributed by atoms with Gasteiger partial charge >= 0.3 is 0 Å². The van der Waals surface area contributed by atoms with Gasteiger partial charge < -0.3 is 29.9 Å². The molecule has 3 N–H and O–H groups in total. The third-order valence-corrected chi connectivity index (χ3v) is 7.85. The number of amides is 2. The van der Waals surface area contributed by atoms with Gasteiger partial charge in [0, 0.05) is 36.2 Å². The molecule has 4 atom stereocenters. The summed E-state index contributed by atoms with van der Waals surface area (Å²) in [5.74, 6) is -1.26. The minimum absolute atomic E-state index is 0.00216. The minimum Gasteiger partial charge on any atom is -0.493 e. The highest BCUT2D eigenvalue weighted by atomic mass is 19.1. The van der Waals surface area contributed by atoms with E-state index < -0.39 is 35.9 Å². The maximum absolute atomic E-state index is 13.7. The highest BCUT2D eigenvalue weighted by Crippen LogP contribution is 2.51. The lowest BCUT2D eigenvalue weighted by atomic mass is 9.77. The summed E-state index contributed by atoms with van der Waals surface area (Å²) >= 11 is 0. The summed E-state index contributed by atoms with van der Waals surface area (Å²) in [5.41, 5.74) is 1.74. The van der Waals surface area contributed by atoms with E-state index in [-0.39, 0.29) is 43.3 Å². The fourth-order valence-corrected chi connectivity index (χ4v) is 5.73. The van der Waals surface area contributed by atoms with E-state index in [4.69, 9.17) is 9.47 Å². The van der Waals surface area contributed by atoms with Crippen molar-refractivity contribution in [2.75, 3.05) is 20.3 Å². The number of aliphatic hydroxyl groups is 2. The number of hydrogen-bond acceptors (Lipinski definition) is 7. The van der Waals surface area contributed by atoms with Crippen molar-refractivity contribution in [2.24, 2.45) is 0 Å². The number of unbranched alkanes of at least 4 members (excludes halogenated alkanes) is 4. The summed E-state index contributed by atoms with van der Waals surface area (Å²) in [5, 5.41) is 23.8. The second kappa shape index (κ2) is 14.4. The van der Waals surface area contributed by atoms with Crippen LogP contribution in [0.5, 0.6) is 11.5 Å². The Hall–Kier alpha value is -3.76. The van der Waals surface area contributed by atoms with E-state index in [1.165, 1.54) is 30.2 Å². The number of fused-ring (bicyclic) bond motifs is 3. The second-order valence-electron chi connectivity index (χ2n) is 10.7. The van der Waals surface area contributed by atoms with Crippen LogP contribution in [0.1, 0.15) is 72.9 Å². The van der Waals surface area contributed by atoms with Crippen LogP contribution in [0, 0.1) is 5.82 Å². The number of aldehydes is 1. The molecule has 0 spiro atoms. The average Bonchev–Trinajstić information content (AvgIpc) is 3.39. The van der Waals surface area contributed by atoms with Gasteiger partial charge in [-0.1, -0.05) is 44.7 Å². The fourth-order valence-electron chi connectivity index (χ4n) is 5.73. The number of carbonyl (C=O) groups is 3. The first-order valence-corrected chi connectivity index (χ1v) is 14.5. The number of carbonyl (C=O) groups excluding carboxylic acids is 3. The third kappa shape index (κ3) is 6.82. The number of aliphatic hydroxyl groups excluding tert-OH is 2. The van der Waals surface area contributed by atoms with Gasteiger partial charge in [-0.2, -0.15) is 0 Å². The SMILES string of the molecule is CCCCCCCC(=O)N(Cc1ccc(F)cc1)C1C=C(C(=O)NCCO)C2c3cc(C=O)cc(OC)c3OC2C1O. The van der Waals surface area contributed by atoms with Gasteiger partial charge in [-0.05, 0) is 42.3 Å². The quantitative estimate of drug-likeness (QED) is 0.229. The fraction of sp³-hybridized carbons (Fsp3) is 0.469. The van der Waals surface area contributed by atoms with Crippen LogP contribution in [0.4, 0.5) is 4.39 Å². The lowest BCUT2D eigenvalue weighted by Gasteiger charge is -2.41. The van der Waals surface area contributed by atoms with Crippen molar-refractivity contribution < 1.29 is 38.5 Å². The molecule has 226 valence electrons. The predicted molar refractivity (Wildman–Crippen MR) is 154 cm³/mol. The van der Waals surface area contributed by atoms with E-state index in [1.807, 2.05) is 0 Å². The molecule has 1 heterocycles. The van der Waals surface area contributed by atoms with Crippen molar-refractivity contribution >= 4 is 18.1 Å². The number of benzene rings is 2. The van der Waals surface area contributed by atoms with E-state index in [2.05, 4.69) is 12.2 Å². The van der Waals surface area contributed by atoms with E-state index in [0.717, 1.165) is 25.7 Å². The molecule has 0 aromatic heterocycles. The Morgan fingerprint density at radius 1 is 1.14 bits per heavy atom. The van der Waals surface area contributed by atoms with Crippen LogP contribution in [-0.2, 0) is 16.1 Å². The standard InChI is InChI=1S/C32H39FN2O7/c1-3-4-5-6-7-8-27(38)35(18-20-9-11-22(33)12-10-20)25-17-24(32(40)34-13-14-36)28-23-15-21(19-37)16-26(41-2)30(23)42-31(28)29(25)39/h9-12,15-17,19,25,28-29,31,36,39H,3-8,13-14,18H2,1-2H3,(H,34,40). The Balaban J connectivity index is 1.74. The molecule has 0 saturated carbocycles. The summed E-state index contributed by atoms with van der Waals surface area (Å²) < 4.78 is 25.4. The number of rotatable bonds is 14. The first kappa shape index (κ1) is 31.2. The van der Waals surface area contributed by atoms with Gasteiger partial charge in [0.2, 0.25) is 11.8 Å². The van der Waals surface area contributed by atoms with Crippen LogP contribution < -0.4 is 14.8 Å². The van der Waals surface area contributed by atoms with Crippen LogP contribution >= 0.6 is 0 Å².